The van der Waals surface area contributed by atoms with Gasteiger partial charge in [0.15, 0.2) is 0 Å². The van der Waals surface area contributed by atoms with Crippen LogP contribution in [0.15, 0.2) is 29.1 Å². The summed E-state index contributed by atoms with van der Waals surface area (Å²) in [6.45, 7) is 5.47. The van der Waals surface area contributed by atoms with Crippen LogP contribution in [0, 0.1) is 5.92 Å². The molecule has 2 rings (SSSR count). The van der Waals surface area contributed by atoms with Crippen molar-refractivity contribution < 1.29 is 14.3 Å². The molecular weight excluding hydrogens is 336 g/mol. The van der Waals surface area contributed by atoms with Crippen LogP contribution >= 0.6 is 11.3 Å². The van der Waals surface area contributed by atoms with Crippen LogP contribution in [0.2, 0.25) is 0 Å². The van der Waals surface area contributed by atoms with Gasteiger partial charge in [0.1, 0.15) is 5.75 Å². The monoisotopic (exact) mass is 362 g/mol. The lowest BCUT2D eigenvalue weighted by molar-refractivity contribution is -0.110. The summed E-state index contributed by atoms with van der Waals surface area (Å²) in [4.78, 5) is 15.2. The van der Waals surface area contributed by atoms with Crippen molar-refractivity contribution in [3.05, 3.63) is 34.7 Å². The molecule has 1 aromatic heterocycles. The van der Waals surface area contributed by atoms with E-state index in [9.17, 15) is 4.79 Å². The van der Waals surface area contributed by atoms with Crippen molar-refractivity contribution in [2.45, 2.75) is 32.7 Å². The van der Waals surface area contributed by atoms with Crippen LogP contribution in [0.3, 0.4) is 0 Å². The molecule has 0 aliphatic carbocycles. The van der Waals surface area contributed by atoms with Gasteiger partial charge in [-0.15, -0.1) is 11.3 Å². The van der Waals surface area contributed by atoms with Gasteiger partial charge in [-0.1, -0.05) is 19.9 Å². The van der Waals surface area contributed by atoms with E-state index in [1.54, 1.807) is 18.4 Å². The Morgan fingerprint density at radius 3 is 2.80 bits per heavy atom. The number of thiazole rings is 1. The molecule has 2 aromatic rings. The molecule has 136 valence electrons. The van der Waals surface area contributed by atoms with E-state index in [-0.39, 0.29) is 6.04 Å². The smallest absolute Gasteiger partial charge is 0.207 e. The molecule has 25 heavy (non-hydrogen) atoms. The molecular formula is C19H26N2O3S. The first-order chi connectivity index (χ1) is 12.2. The summed E-state index contributed by atoms with van der Waals surface area (Å²) in [7, 11) is 1.69. The summed E-state index contributed by atoms with van der Waals surface area (Å²) >= 11 is 1.56. The van der Waals surface area contributed by atoms with E-state index in [2.05, 4.69) is 36.3 Å². The van der Waals surface area contributed by atoms with Crippen LogP contribution in [0.4, 0.5) is 0 Å². The highest BCUT2D eigenvalue weighted by molar-refractivity contribution is 7.07. The minimum atomic E-state index is 0.101. The second-order valence-electron chi connectivity index (χ2n) is 6.24. The summed E-state index contributed by atoms with van der Waals surface area (Å²) in [6, 6.07) is 6.29. The highest BCUT2D eigenvalue weighted by Gasteiger charge is 2.15. The summed E-state index contributed by atoms with van der Waals surface area (Å²) in [5.74, 6) is 1.18. The zero-order valence-corrected chi connectivity index (χ0v) is 15.8. The summed E-state index contributed by atoms with van der Waals surface area (Å²) in [5, 5.41) is 4.92. The molecule has 0 aliphatic rings. The fourth-order valence-electron chi connectivity index (χ4n) is 2.58. The van der Waals surface area contributed by atoms with Gasteiger partial charge in [0, 0.05) is 37.1 Å². The molecule has 1 amide bonds. The van der Waals surface area contributed by atoms with Gasteiger partial charge in [-0.2, -0.15) is 0 Å². The number of amides is 1. The fourth-order valence-corrected chi connectivity index (χ4v) is 3.14. The Labute approximate surface area is 153 Å². The van der Waals surface area contributed by atoms with Gasteiger partial charge in [-0.25, -0.2) is 4.98 Å². The van der Waals surface area contributed by atoms with Gasteiger partial charge < -0.3 is 14.8 Å². The van der Waals surface area contributed by atoms with Gasteiger partial charge in [0.2, 0.25) is 6.41 Å². The van der Waals surface area contributed by atoms with Crippen molar-refractivity contribution in [1.82, 2.24) is 10.3 Å². The van der Waals surface area contributed by atoms with Crippen molar-refractivity contribution >= 4 is 17.7 Å². The van der Waals surface area contributed by atoms with E-state index in [1.165, 1.54) is 0 Å². The van der Waals surface area contributed by atoms with E-state index >= 15 is 0 Å². The zero-order valence-electron chi connectivity index (χ0n) is 15.0. The second-order valence-corrected chi connectivity index (χ2v) is 6.96. The Morgan fingerprint density at radius 2 is 2.16 bits per heavy atom. The zero-order chi connectivity index (χ0) is 18.1. The van der Waals surface area contributed by atoms with Gasteiger partial charge >= 0.3 is 0 Å². The molecule has 5 nitrogen and oxygen atoms in total. The third kappa shape index (κ3) is 5.83. The van der Waals surface area contributed by atoms with Gasteiger partial charge in [-0.05, 0) is 30.0 Å². The molecule has 1 heterocycles. The molecule has 1 atom stereocenters. The van der Waals surface area contributed by atoms with E-state index < -0.39 is 0 Å². The number of methoxy groups -OCH3 is 1. The molecule has 1 unspecified atom stereocenters. The molecule has 1 N–H and O–H groups in total. The van der Waals surface area contributed by atoms with Crippen LogP contribution in [0.25, 0.3) is 11.3 Å². The number of nitrogens with one attached hydrogen (secondary N) is 1. The maximum absolute atomic E-state index is 10.8. The van der Waals surface area contributed by atoms with Gasteiger partial charge in [0.25, 0.3) is 0 Å². The van der Waals surface area contributed by atoms with E-state index in [0.29, 0.717) is 19.1 Å². The Morgan fingerprint density at radius 1 is 1.32 bits per heavy atom. The average molecular weight is 362 g/mol. The quantitative estimate of drug-likeness (QED) is 0.491. The minimum Gasteiger partial charge on any atom is -0.493 e. The lowest BCUT2D eigenvalue weighted by atomic mass is 9.95. The number of hydrogen-bond donors (Lipinski definition) is 1. The predicted octanol–water partition coefficient (Wildman–Crippen LogP) is 3.54. The van der Waals surface area contributed by atoms with Crippen LogP contribution in [-0.4, -0.2) is 37.8 Å². The average Bonchev–Trinajstić information content (AvgIpc) is 3.13. The fraction of sp³-hybridized carbons (Fsp3) is 0.474. The normalized spacial score (nSPS) is 12.2. The number of nitrogens with zero attached hydrogens (tertiary/aromatic N) is 1. The molecule has 0 bridgehead atoms. The maximum atomic E-state index is 10.8. The SMILES string of the molecule is COCCCOc1cc(CC(NC=O)C(C)C)ccc1-c1cscn1. The first kappa shape index (κ1) is 19.4. The van der Waals surface area contributed by atoms with Crippen LogP contribution < -0.4 is 10.1 Å². The number of rotatable bonds is 11. The third-order valence-electron chi connectivity index (χ3n) is 4.05. The largest absolute Gasteiger partial charge is 0.493 e. The Kier molecular flexibility index (Phi) is 7.88. The molecule has 0 radical (unpaired) electrons. The standard InChI is InChI=1S/C19H26N2O3S/c1-14(2)17(20-12-22)9-15-5-6-16(18-11-25-13-21-18)19(10-15)24-8-4-7-23-3/h5-6,10-14,17H,4,7-9H2,1-3H3,(H,20,22). The van der Waals surface area contributed by atoms with Gasteiger partial charge in [-0.3, -0.25) is 4.79 Å². The molecule has 0 aliphatic heterocycles. The molecule has 1 aromatic carbocycles. The first-order valence-corrected chi connectivity index (χ1v) is 9.43. The number of hydrogen-bond acceptors (Lipinski definition) is 5. The highest BCUT2D eigenvalue weighted by atomic mass is 32.1. The van der Waals surface area contributed by atoms with Gasteiger partial charge in [0.05, 0.1) is 17.8 Å². The third-order valence-corrected chi connectivity index (χ3v) is 4.63. The topological polar surface area (TPSA) is 60.5 Å². The van der Waals surface area contributed by atoms with E-state index in [0.717, 1.165) is 41.8 Å². The molecule has 0 saturated carbocycles. The maximum Gasteiger partial charge on any atom is 0.207 e. The number of carbonyl (C=O) groups is 1. The molecule has 6 heteroatoms. The predicted molar refractivity (Wildman–Crippen MR) is 101 cm³/mol. The van der Waals surface area contributed by atoms with Crippen LogP contribution in [0.1, 0.15) is 25.8 Å². The second kappa shape index (κ2) is 10.2. The number of ether oxygens (including phenoxy) is 2. The number of benzene rings is 1. The van der Waals surface area contributed by atoms with Crippen LogP contribution in [-0.2, 0) is 16.0 Å². The van der Waals surface area contributed by atoms with E-state index in [1.807, 2.05) is 17.0 Å². The summed E-state index contributed by atoms with van der Waals surface area (Å²) in [5.41, 5.74) is 4.87. The van der Waals surface area contributed by atoms with Crippen molar-refractivity contribution in [3.63, 3.8) is 0 Å². The lowest BCUT2D eigenvalue weighted by Gasteiger charge is -2.21. The number of carbonyl (C=O) groups excluding carboxylic acids is 1. The van der Waals surface area contributed by atoms with Crippen molar-refractivity contribution in [2.75, 3.05) is 20.3 Å². The first-order valence-electron chi connectivity index (χ1n) is 8.48. The van der Waals surface area contributed by atoms with Crippen molar-refractivity contribution in [3.8, 4) is 17.0 Å². The van der Waals surface area contributed by atoms with Crippen molar-refractivity contribution in [2.24, 2.45) is 5.92 Å². The summed E-state index contributed by atoms with van der Waals surface area (Å²) in [6.07, 6.45) is 2.37. The molecule has 0 fully saturated rings. The van der Waals surface area contributed by atoms with E-state index in [4.69, 9.17) is 9.47 Å². The molecule has 0 saturated heterocycles. The Hall–Kier alpha value is -1.92. The number of aromatic nitrogens is 1. The molecule has 0 spiro atoms. The van der Waals surface area contributed by atoms with Crippen molar-refractivity contribution in [1.29, 1.82) is 0 Å². The lowest BCUT2D eigenvalue weighted by Crippen LogP contribution is -2.34. The minimum absolute atomic E-state index is 0.101. The summed E-state index contributed by atoms with van der Waals surface area (Å²) < 4.78 is 11.1. The van der Waals surface area contributed by atoms with Crippen LogP contribution in [0.5, 0.6) is 5.75 Å². The Bertz CT molecular complexity index is 644. The Balaban J connectivity index is 2.20. The highest BCUT2D eigenvalue weighted by Crippen LogP contribution is 2.31.